The van der Waals surface area contributed by atoms with Gasteiger partial charge in [0.05, 0.1) is 10.6 Å². The van der Waals surface area contributed by atoms with Gasteiger partial charge in [-0.25, -0.2) is 8.42 Å². The Morgan fingerprint density at radius 2 is 1.42 bits per heavy atom. The molecule has 0 aliphatic heterocycles. The van der Waals surface area contributed by atoms with E-state index in [0.717, 1.165) is 31.0 Å². The van der Waals surface area contributed by atoms with Crippen LogP contribution in [0.1, 0.15) is 29.2 Å². The quantitative estimate of drug-likeness (QED) is 0.201. The number of likely N-dealkylation sites (N-methyl/N-ethyl adjacent to an activating group) is 1. The number of sulfonamides is 1. The second-order valence-corrected chi connectivity index (χ2v) is 13.2. The molecule has 224 valence electrons. The number of nitrogens with one attached hydrogen (secondary N) is 1. The minimum Gasteiger partial charge on any atom is -0.355 e. The third-order valence-electron chi connectivity index (χ3n) is 7.07. The molecule has 0 aliphatic rings. The van der Waals surface area contributed by atoms with Gasteiger partial charge >= 0.3 is 0 Å². The largest absolute Gasteiger partial charge is 0.355 e. The highest BCUT2D eigenvalue weighted by atomic mass is 79.9. The van der Waals surface area contributed by atoms with Gasteiger partial charge in [0.25, 0.3) is 10.0 Å². The number of halogens is 1. The molecule has 0 radical (unpaired) electrons. The van der Waals surface area contributed by atoms with E-state index in [-0.39, 0.29) is 23.8 Å². The first kappa shape index (κ1) is 32.0. The van der Waals surface area contributed by atoms with Crippen LogP contribution in [-0.2, 0) is 32.6 Å². The minimum atomic E-state index is -4.13. The smallest absolute Gasteiger partial charge is 0.264 e. The Bertz CT molecular complexity index is 1640. The lowest BCUT2D eigenvalue weighted by molar-refractivity contribution is -0.140. The molecule has 9 heteroatoms. The number of benzene rings is 4. The van der Waals surface area contributed by atoms with Crippen molar-refractivity contribution in [1.82, 2.24) is 10.2 Å². The fourth-order valence-corrected chi connectivity index (χ4v) is 6.62. The fourth-order valence-electron chi connectivity index (χ4n) is 4.76. The summed E-state index contributed by atoms with van der Waals surface area (Å²) in [6.45, 7) is 5.63. The zero-order valence-corrected chi connectivity index (χ0v) is 26.9. The molecule has 7 nitrogen and oxygen atoms in total. The first-order chi connectivity index (χ1) is 20.6. The van der Waals surface area contributed by atoms with E-state index in [2.05, 4.69) is 21.2 Å². The first-order valence-corrected chi connectivity index (χ1v) is 16.3. The van der Waals surface area contributed by atoms with Crippen molar-refractivity contribution in [2.45, 2.75) is 44.7 Å². The van der Waals surface area contributed by atoms with Crippen LogP contribution in [-0.4, -0.2) is 44.3 Å². The molecule has 0 fully saturated rings. The summed E-state index contributed by atoms with van der Waals surface area (Å²) in [7, 11) is -4.13. The van der Waals surface area contributed by atoms with Crippen molar-refractivity contribution in [3.8, 4) is 0 Å². The molecule has 1 atom stereocenters. The number of carbonyl (C=O) groups excluding carboxylic acids is 2. The molecule has 1 unspecified atom stereocenters. The third-order valence-corrected chi connectivity index (χ3v) is 9.36. The zero-order chi connectivity index (χ0) is 31.0. The predicted molar refractivity (Wildman–Crippen MR) is 174 cm³/mol. The molecule has 1 N–H and O–H groups in total. The summed E-state index contributed by atoms with van der Waals surface area (Å²) >= 11 is 3.50. The zero-order valence-electron chi connectivity index (χ0n) is 24.5. The lowest BCUT2D eigenvalue weighted by Gasteiger charge is -2.34. The highest BCUT2D eigenvalue weighted by Crippen LogP contribution is 2.26. The van der Waals surface area contributed by atoms with E-state index in [1.165, 1.54) is 4.90 Å². The molecule has 4 aromatic rings. The van der Waals surface area contributed by atoms with Gasteiger partial charge in [-0.05, 0) is 68.3 Å². The second-order valence-electron chi connectivity index (χ2n) is 10.4. The average Bonchev–Trinajstić information content (AvgIpc) is 2.99. The predicted octanol–water partition coefficient (Wildman–Crippen LogP) is 6.04. The summed E-state index contributed by atoms with van der Waals surface area (Å²) in [5.41, 5.74) is 3.92. The molecule has 4 rings (SSSR count). The minimum absolute atomic E-state index is 0.0783. The number of carbonyl (C=O) groups is 2. The number of anilines is 1. The van der Waals surface area contributed by atoms with Crippen molar-refractivity contribution >= 4 is 43.5 Å². The molecule has 0 aliphatic carbocycles. The third kappa shape index (κ3) is 8.33. The number of hydrogen-bond acceptors (Lipinski definition) is 4. The molecule has 0 saturated heterocycles. The molecule has 0 bridgehead atoms. The van der Waals surface area contributed by atoms with Crippen molar-refractivity contribution in [2.24, 2.45) is 0 Å². The highest BCUT2D eigenvalue weighted by Gasteiger charge is 2.34. The summed E-state index contributed by atoms with van der Waals surface area (Å²) in [4.78, 5) is 29.5. The number of aryl methyl sites for hydroxylation is 2. The summed E-state index contributed by atoms with van der Waals surface area (Å²) in [5.74, 6) is -0.804. The summed E-state index contributed by atoms with van der Waals surface area (Å²) in [6.07, 6.45) is 0.266. The summed E-state index contributed by atoms with van der Waals surface area (Å²) in [5, 5.41) is 2.88. The second kappa shape index (κ2) is 14.5. The van der Waals surface area contributed by atoms with Crippen LogP contribution in [0.2, 0.25) is 0 Å². The van der Waals surface area contributed by atoms with Gasteiger partial charge < -0.3 is 10.2 Å². The Morgan fingerprint density at radius 1 is 0.814 bits per heavy atom. The van der Waals surface area contributed by atoms with Crippen LogP contribution in [0.25, 0.3) is 0 Å². The topological polar surface area (TPSA) is 86.8 Å². The Kier molecular flexibility index (Phi) is 10.8. The Hall–Kier alpha value is -3.95. The SMILES string of the molecule is CCNC(=O)C(Cc1ccccc1)N(Cc1cccc(Br)c1)C(=O)CN(c1ccc(C)cc1)S(=O)(=O)c1ccc(C)cc1. The maximum atomic E-state index is 14.4. The number of hydrogen-bond donors (Lipinski definition) is 1. The molecule has 0 spiro atoms. The molecule has 43 heavy (non-hydrogen) atoms. The highest BCUT2D eigenvalue weighted by molar-refractivity contribution is 9.10. The van der Waals surface area contributed by atoms with E-state index in [9.17, 15) is 18.0 Å². The number of amides is 2. The van der Waals surface area contributed by atoms with Crippen LogP contribution in [0.3, 0.4) is 0 Å². The van der Waals surface area contributed by atoms with Crippen molar-refractivity contribution in [3.63, 3.8) is 0 Å². The van der Waals surface area contributed by atoms with Crippen LogP contribution in [0.4, 0.5) is 5.69 Å². The van der Waals surface area contributed by atoms with Gasteiger partial charge in [0.1, 0.15) is 12.6 Å². The number of nitrogens with zero attached hydrogens (tertiary/aromatic N) is 2. The molecule has 0 aromatic heterocycles. The van der Waals surface area contributed by atoms with Crippen LogP contribution in [0.15, 0.2) is 112 Å². The first-order valence-electron chi connectivity index (χ1n) is 14.1. The van der Waals surface area contributed by atoms with Gasteiger partial charge in [-0.15, -0.1) is 0 Å². The van der Waals surface area contributed by atoms with Gasteiger partial charge in [-0.2, -0.15) is 0 Å². The molecule has 0 heterocycles. The van der Waals surface area contributed by atoms with E-state index < -0.39 is 28.5 Å². The molecule has 4 aromatic carbocycles. The van der Waals surface area contributed by atoms with Gasteiger partial charge in [0.15, 0.2) is 0 Å². The van der Waals surface area contributed by atoms with Gasteiger partial charge in [-0.3, -0.25) is 13.9 Å². The summed E-state index contributed by atoms with van der Waals surface area (Å²) < 4.78 is 30.1. The normalized spacial score (nSPS) is 11.9. The van der Waals surface area contributed by atoms with Crippen molar-refractivity contribution < 1.29 is 18.0 Å². The summed E-state index contributed by atoms with van der Waals surface area (Å²) in [6, 6.07) is 29.7. The molecular formula is C34H36BrN3O4S. The van der Waals surface area contributed by atoms with E-state index in [1.54, 1.807) is 36.4 Å². The van der Waals surface area contributed by atoms with Crippen LogP contribution in [0.5, 0.6) is 0 Å². The van der Waals surface area contributed by atoms with Gasteiger partial charge in [0, 0.05) is 24.0 Å². The lowest BCUT2D eigenvalue weighted by atomic mass is 10.0. The average molecular weight is 663 g/mol. The van der Waals surface area contributed by atoms with Crippen molar-refractivity contribution in [1.29, 1.82) is 0 Å². The van der Waals surface area contributed by atoms with E-state index in [1.807, 2.05) is 87.5 Å². The Morgan fingerprint density at radius 3 is 2.02 bits per heavy atom. The Balaban J connectivity index is 1.79. The lowest BCUT2D eigenvalue weighted by Crippen LogP contribution is -2.53. The van der Waals surface area contributed by atoms with Crippen LogP contribution >= 0.6 is 15.9 Å². The van der Waals surface area contributed by atoms with Crippen LogP contribution in [0, 0.1) is 13.8 Å². The maximum Gasteiger partial charge on any atom is 0.264 e. The maximum absolute atomic E-state index is 14.4. The van der Waals surface area contributed by atoms with Gasteiger partial charge in [-0.1, -0.05) is 93.8 Å². The molecular weight excluding hydrogens is 626 g/mol. The Labute approximate surface area is 262 Å². The monoisotopic (exact) mass is 661 g/mol. The van der Waals surface area contributed by atoms with Crippen LogP contribution < -0.4 is 9.62 Å². The fraction of sp³-hybridized carbons (Fsp3) is 0.235. The van der Waals surface area contributed by atoms with E-state index in [0.29, 0.717) is 12.2 Å². The van der Waals surface area contributed by atoms with Crippen molar-refractivity contribution in [2.75, 3.05) is 17.4 Å². The molecule has 2 amide bonds. The van der Waals surface area contributed by atoms with Crippen molar-refractivity contribution in [3.05, 3.63) is 130 Å². The van der Waals surface area contributed by atoms with E-state index in [4.69, 9.17) is 0 Å². The number of rotatable bonds is 12. The molecule has 0 saturated carbocycles. The standard InChI is InChI=1S/C34H36BrN3O4S/c1-4-36-34(40)32(22-27-9-6-5-7-10-27)37(23-28-11-8-12-29(35)21-28)33(39)24-38(30-17-13-25(2)14-18-30)43(41,42)31-19-15-26(3)16-20-31/h5-21,32H,4,22-24H2,1-3H3,(H,36,40). The van der Waals surface area contributed by atoms with E-state index >= 15 is 0 Å². The van der Waals surface area contributed by atoms with Gasteiger partial charge in [0.2, 0.25) is 11.8 Å².